The molecular weight excluding hydrogens is 322 g/mol. The summed E-state index contributed by atoms with van der Waals surface area (Å²) < 4.78 is 5.53. The van der Waals surface area contributed by atoms with Crippen molar-refractivity contribution in [3.63, 3.8) is 0 Å². The summed E-state index contributed by atoms with van der Waals surface area (Å²) in [5.74, 6) is -0.832. The lowest BCUT2D eigenvalue weighted by Crippen LogP contribution is -2.40. The SMILES string of the molecule is N#Cc1ccc(OCCCN2C(=O)C(=O)N(C3CCCC3)C2=O)cc1. The van der Waals surface area contributed by atoms with Gasteiger partial charge in [-0.15, -0.1) is 0 Å². The Balaban J connectivity index is 1.50. The van der Waals surface area contributed by atoms with Gasteiger partial charge in [0.2, 0.25) is 0 Å². The highest BCUT2D eigenvalue weighted by Gasteiger charge is 2.47. The van der Waals surface area contributed by atoms with E-state index < -0.39 is 17.8 Å². The van der Waals surface area contributed by atoms with Crippen LogP contribution in [0.15, 0.2) is 24.3 Å². The van der Waals surface area contributed by atoms with Gasteiger partial charge in [-0.3, -0.25) is 19.4 Å². The Morgan fingerprint density at radius 3 is 2.40 bits per heavy atom. The quantitative estimate of drug-likeness (QED) is 0.449. The average molecular weight is 341 g/mol. The van der Waals surface area contributed by atoms with E-state index in [1.54, 1.807) is 24.3 Å². The number of hydrogen-bond acceptors (Lipinski definition) is 5. The van der Waals surface area contributed by atoms with Crippen LogP contribution in [0.4, 0.5) is 4.79 Å². The molecule has 2 fully saturated rings. The van der Waals surface area contributed by atoms with E-state index in [1.165, 1.54) is 0 Å². The van der Waals surface area contributed by atoms with Crippen molar-refractivity contribution in [2.75, 3.05) is 13.2 Å². The summed E-state index contributed by atoms with van der Waals surface area (Å²) in [7, 11) is 0. The van der Waals surface area contributed by atoms with Gasteiger partial charge in [0.15, 0.2) is 0 Å². The van der Waals surface area contributed by atoms with E-state index in [0.29, 0.717) is 24.3 Å². The first kappa shape index (κ1) is 17.0. The van der Waals surface area contributed by atoms with Gasteiger partial charge in [-0.25, -0.2) is 4.79 Å². The van der Waals surface area contributed by atoms with E-state index in [0.717, 1.165) is 35.5 Å². The van der Waals surface area contributed by atoms with Crippen molar-refractivity contribution < 1.29 is 19.1 Å². The molecule has 1 aromatic rings. The molecule has 1 saturated carbocycles. The molecule has 1 heterocycles. The fourth-order valence-corrected chi connectivity index (χ4v) is 3.24. The van der Waals surface area contributed by atoms with Crippen molar-refractivity contribution in [3.8, 4) is 11.8 Å². The van der Waals surface area contributed by atoms with Crippen LogP contribution in [0.25, 0.3) is 0 Å². The Bertz CT molecular complexity index is 717. The largest absolute Gasteiger partial charge is 0.494 e. The van der Waals surface area contributed by atoms with Crippen LogP contribution in [0, 0.1) is 11.3 Å². The molecule has 0 unspecified atom stereocenters. The zero-order valence-corrected chi connectivity index (χ0v) is 13.8. The lowest BCUT2D eigenvalue weighted by atomic mass is 10.2. The second kappa shape index (κ2) is 7.34. The molecule has 0 N–H and O–H groups in total. The van der Waals surface area contributed by atoms with Crippen molar-refractivity contribution in [2.24, 2.45) is 0 Å². The number of benzene rings is 1. The van der Waals surface area contributed by atoms with Crippen LogP contribution in [-0.2, 0) is 9.59 Å². The molecule has 7 nitrogen and oxygen atoms in total. The van der Waals surface area contributed by atoms with Crippen LogP contribution in [0.1, 0.15) is 37.7 Å². The Hall–Kier alpha value is -2.88. The molecule has 130 valence electrons. The third-order valence-corrected chi connectivity index (χ3v) is 4.55. The number of nitrogens with zero attached hydrogens (tertiary/aromatic N) is 3. The van der Waals surface area contributed by atoms with Crippen molar-refractivity contribution in [2.45, 2.75) is 38.1 Å². The van der Waals surface area contributed by atoms with Gasteiger partial charge in [-0.2, -0.15) is 5.26 Å². The lowest BCUT2D eigenvalue weighted by molar-refractivity contribution is -0.144. The van der Waals surface area contributed by atoms with Crippen LogP contribution in [0.3, 0.4) is 0 Å². The second-order valence-electron chi connectivity index (χ2n) is 6.19. The summed E-state index contributed by atoms with van der Waals surface area (Å²) in [5, 5.41) is 8.74. The molecule has 1 aliphatic heterocycles. The standard InChI is InChI=1S/C18H19N3O4/c19-12-13-6-8-15(9-7-13)25-11-3-10-20-16(22)17(23)21(18(20)24)14-4-1-2-5-14/h6-9,14H,1-5,10-11H2. The number of nitriles is 1. The maximum absolute atomic E-state index is 12.4. The molecule has 0 aromatic heterocycles. The van der Waals surface area contributed by atoms with Crippen LogP contribution < -0.4 is 4.74 Å². The summed E-state index contributed by atoms with van der Waals surface area (Å²) in [4.78, 5) is 38.7. The third-order valence-electron chi connectivity index (χ3n) is 4.55. The summed E-state index contributed by atoms with van der Waals surface area (Å²) in [6, 6.07) is 8.08. The van der Waals surface area contributed by atoms with Crippen molar-refractivity contribution in [3.05, 3.63) is 29.8 Å². The summed E-state index contributed by atoms with van der Waals surface area (Å²) in [6.07, 6.45) is 3.95. The first-order chi connectivity index (χ1) is 12.1. The fourth-order valence-electron chi connectivity index (χ4n) is 3.24. The number of imide groups is 2. The molecule has 0 radical (unpaired) electrons. The minimum atomic E-state index is -0.740. The zero-order valence-electron chi connectivity index (χ0n) is 13.8. The van der Waals surface area contributed by atoms with Crippen molar-refractivity contribution >= 4 is 17.8 Å². The number of carbonyl (C=O) groups is 3. The highest BCUT2D eigenvalue weighted by atomic mass is 16.5. The van der Waals surface area contributed by atoms with Crippen molar-refractivity contribution in [1.82, 2.24) is 9.80 Å². The van der Waals surface area contributed by atoms with Gasteiger partial charge in [-0.1, -0.05) is 12.8 Å². The van der Waals surface area contributed by atoms with E-state index in [2.05, 4.69) is 0 Å². The van der Waals surface area contributed by atoms with E-state index in [4.69, 9.17) is 10.00 Å². The van der Waals surface area contributed by atoms with Gasteiger partial charge < -0.3 is 4.74 Å². The molecule has 1 aliphatic carbocycles. The van der Waals surface area contributed by atoms with E-state index in [9.17, 15) is 14.4 Å². The first-order valence-corrected chi connectivity index (χ1v) is 8.44. The first-order valence-electron chi connectivity index (χ1n) is 8.44. The van der Waals surface area contributed by atoms with Gasteiger partial charge in [0.1, 0.15) is 5.75 Å². The van der Waals surface area contributed by atoms with E-state index in [1.807, 2.05) is 6.07 Å². The maximum Gasteiger partial charge on any atom is 0.334 e. The molecule has 4 amide bonds. The predicted molar refractivity (Wildman–Crippen MR) is 87.5 cm³/mol. The van der Waals surface area contributed by atoms with Gasteiger partial charge in [-0.05, 0) is 43.5 Å². The Labute approximate surface area is 145 Å². The van der Waals surface area contributed by atoms with Gasteiger partial charge >= 0.3 is 17.8 Å². The molecular formula is C18H19N3O4. The topological polar surface area (TPSA) is 90.7 Å². The van der Waals surface area contributed by atoms with Crippen LogP contribution in [-0.4, -0.2) is 46.8 Å². The Morgan fingerprint density at radius 2 is 1.76 bits per heavy atom. The molecule has 0 atom stereocenters. The summed E-state index contributed by atoms with van der Waals surface area (Å²) >= 11 is 0. The maximum atomic E-state index is 12.4. The minimum Gasteiger partial charge on any atom is -0.494 e. The Morgan fingerprint density at radius 1 is 1.08 bits per heavy atom. The number of amides is 4. The minimum absolute atomic E-state index is 0.135. The predicted octanol–water partition coefficient (Wildman–Crippen LogP) is 2.06. The number of hydrogen-bond donors (Lipinski definition) is 0. The van der Waals surface area contributed by atoms with Crippen molar-refractivity contribution in [1.29, 1.82) is 5.26 Å². The zero-order chi connectivity index (χ0) is 17.8. The second-order valence-corrected chi connectivity index (χ2v) is 6.19. The van der Waals surface area contributed by atoms with E-state index >= 15 is 0 Å². The summed E-state index contributed by atoms with van der Waals surface area (Å²) in [5.41, 5.74) is 0.547. The highest BCUT2D eigenvalue weighted by Crippen LogP contribution is 2.27. The summed E-state index contributed by atoms with van der Waals surface area (Å²) in [6.45, 7) is 0.462. The number of urea groups is 1. The highest BCUT2D eigenvalue weighted by molar-refractivity contribution is 6.44. The molecule has 7 heteroatoms. The number of carbonyl (C=O) groups excluding carboxylic acids is 3. The molecule has 2 aliphatic rings. The molecule has 0 bridgehead atoms. The monoisotopic (exact) mass is 341 g/mol. The van der Waals surface area contributed by atoms with Gasteiger partial charge in [0, 0.05) is 12.6 Å². The molecule has 1 saturated heterocycles. The number of rotatable bonds is 6. The lowest BCUT2D eigenvalue weighted by Gasteiger charge is -2.21. The average Bonchev–Trinajstić information content (AvgIpc) is 3.21. The van der Waals surface area contributed by atoms with Gasteiger partial charge in [0.05, 0.1) is 18.2 Å². The van der Waals surface area contributed by atoms with Crippen LogP contribution >= 0.6 is 0 Å². The Kier molecular flexibility index (Phi) is 4.98. The normalized spacial score (nSPS) is 18.1. The fraction of sp³-hybridized carbons (Fsp3) is 0.444. The van der Waals surface area contributed by atoms with Crippen LogP contribution in [0.5, 0.6) is 5.75 Å². The number of ether oxygens (including phenoxy) is 1. The molecule has 0 spiro atoms. The molecule has 25 heavy (non-hydrogen) atoms. The molecule has 1 aromatic carbocycles. The van der Waals surface area contributed by atoms with Crippen LogP contribution in [0.2, 0.25) is 0 Å². The van der Waals surface area contributed by atoms with Gasteiger partial charge in [0.25, 0.3) is 0 Å². The third kappa shape index (κ3) is 3.48. The molecule has 3 rings (SSSR count). The van der Waals surface area contributed by atoms with E-state index in [-0.39, 0.29) is 12.6 Å². The smallest absolute Gasteiger partial charge is 0.334 e.